The zero-order valence-corrected chi connectivity index (χ0v) is 11.2. The fourth-order valence-electron chi connectivity index (χ4n) is 3.48. The van der Waals surface area contributed by atoms with Crippen LogP contribution in [0.5, 0.6) is 0 Å². The van der Waals surface area contributed by atoms with Gasteiger partial charge in [0, 0.05) is 13.1 Å². The number of nitrogens with zero attached hydrogens (tertiary/aromatic N) is 1. The third kappa shape index (κ3) is 1.56. The van der Waals surface area contributed by atoms with Crippen molar-refractivity contribution in [3.8, 4) is 0 Å². The van der Waals surface area contributed by atoms with Gasteiger partial charge >= 0.3 is 0 Å². The molecule has 2 aliphatic heterocycles. The van der Waals surface area contributed by atoms with Gasteiger partial charge in [-0.15, -0.1) is 0 Å². The maximum Gasteiger partial charge on any atom is 0.0718 e. The lowest BCUT2D eigenvalue weighted by molar-refractivity contribution is 0.591. The Kier molecular flexibility index (Phi) is 2.31. The highest BCUT2D eigenvalue weighted by Crippen LogP contribution is 2.42. The van der Waals surface area contributed by atoms with Gasteiger partial charge in [0.25, 0.3) is 0 Å². The summed E-state index contributed by atoms with van der Waals surface area (Å²) in [4.78, 5) is 2.57. The van der Waals surface area contributed by atoms with Crippen molar-refractivity contribution in [1.29, 1.82) is 0 Å². The van der Waals surface area contributed by atoms with Gasteiger partial charge in [0.1, 0.15) is 0 Å². The fourth-order valence-corrected chi connectivity index (χ4v) is 3.48. The summed E-state index contributed by atoms with van der Waals surface area (Å²) in [5, 5.41) is 3.63. The molecule has 0 aliphatic carbocycles. The van der Waals surface area contributed by atoms with Crippen LogP contribution in [0.3, 0.4) is 0 Å². The standard InChI is InChI=1S/C17H18N2/c1-12-5-4-8-15-17(12)18-11-16-14-7-3-2-6-13(14)9-10-19(15)16/h2-8,16,18H,9-11H2,1H3. The van der Waals surface area contributed by atoms with Crippen molar-refractivity contribution in [1.82, 2.24) is 0 Å². The smallest absolute Gasteiger partial charge is 0.0718 e. The van der Waals surface area contributed by atoms with E-state index in [1.807, 2.05) is 0 Å². The average Bonchev–Trinajstić information content (AvgIpc) is 2.47. The summed E-state index contributed by atoms with van der Waals surface area (Å²) in [7, 11) is 0. The van der Waals surface area contributed by atoms with Crippen LogP contribution in [-0.4, -0.2) is 13.1 Å². The molecule has 2 aromatic rings. The molecule has 0 bridgehead atoms. The molecule has 0 amide bonds. The van der Waals surface area contributed by atoms with Gasteiger partial charge in [-0.1, -0.05) is 36.4 Å². The highest BCUT2D eigenvalue weighted by atomic mass is 15.2. The third-order valence-corrected chi connectivity index (χ3v) is 4.44. The van der Waals surface area contributed by atoms with Crippen molar-refractivity contribution < 1.29 is 0 Å². The molecule has 2 aliphatic rings. The van der Waals surface area contributed by atoms with E-state index >= 15 is 0 Å². The van der Waals surface area contributed by atoms with Crippen molar-refractivity contribution >= 4 is 11.4 Å². The van der Waals surface area contributed by atoms with E-state index in [0.717, 1.165) is 19.5 Å². The second kappa shape index (κ2) is 4.02. The Morgan fingerprint density at radius 3 is 2.95 bits per heavy atom. The molecule has 2 heteroatoms. The summed E-state index contributed by atoms with van der Waals surface area (Å²) in [5.74, 6) is 0. The van der Waals surface area contributed by atoms with E-state index < -0.39 is 0 Å². The van der Waals surface area contributed by atoms with E-state index in [0.29, 0.717) is 6.04 Å². The van der Waals surface area contributed by atoms with Crippen LogP contribution in [0.1, 0.15) is 22.7 Å². The molecular formula is C17H18N2. The maximum absolute atomic E-state index is 3.63. The predicted molar refractivity (Wildman–Crippen MR) is 79.9 cm³/mol. The summed E-state index contributed by atoms with van der Waals surface area (Å²) in [5.41, 5.74) is 7.04. The zero-order chi connectivity index (χ0) is 12.8. The van der Waals surface area contributed by atoms with Crippen LogP contribution in [0, 0.1) is 6.92 Å². The van der Waals surface area contributed by atoms with E-state index in [1.165, 1.54) is 28.1 Å². The van der Waals surface area contributed by atoms with Crippen LogP contribution in [0.2, 0.25) is 0 Å². The van der Waals surface area contributed by atoms with Crippen LogP contribution in [0.15, 0.2) is 42.5 Å². The largest absolute Gasteiger partial charge is 0.381 e. The number of para-hydroxylation sites is 1. The van der Waals surface area contributed by atoms with Crippen molar-refractivity contribution in [2.75, 3.05) is 23.3 Å². The quantitative estimate of drug-likeness (QED) is 0.769. The van der Waals surface area contributed by atoms with Crippen molar-refractivity contribution in [2.45, 2.75) is 19.4 Å². The summed E-state index contributed by atoms with van der Waals surface area (Å²) in [6.45, 7) is 4.32. The van der Waals surface area contributed by atoms with E-state index in [-0.39, 0.29) is 0 Å². The van der Waals surface area contributed by atoms with Gasteiger partial charge in [0.2, 0.25) is 0 Å². The first-order valence-corrected chi connectivity index (χ1v) is 7.02. The van der Waals surface area contributed by atoms with Gasteiger partial charge in [0.15, 0.2) is 0 Å². The molecule has 0 saturated heterocycles. The molecule has 0 saturated carbocycles. The van der Waals surface area contributed by atoms with Crippen molar-refractivity contribution in [3.05, 3.63) is 59.2 Å². The van der Waals surface area contributed by atoms with E-state index in [4.69, 9.17) is 0 Å². The molecule has 2 nitrogen and oxygen atoms in total. The lowest BCUT2D eigenvalue weighted by Crippen LogP contribution is -2.42. The second-order valence-electron chi connectivity index (χ2n) is 5.51. The Morgan fingerprint density at radius 2 is 2.00 bits per heavy atom. The van der Waals surface area contributed by atoms with Gasteiger partial charge in [-0.25, -0.2) is 0 Å². The number of aryl methyl sites for hydroxylation is 1. The zero-order valence-electron chi connectivity index (χ0n) is 11.2. The molecule has 1 N–H and O–H groups in total. The molecule has 2 heterocycles. The molecule has 0 spiro atoms. The Balaban J connectivity index is 1.83. The molecule has 0 aromatic heterocycles. The fraction of sp³-hybridized carbons (Fsp3) is 0.294. The minimum Gasteiger partial charge on any atom is -0.381 e. The molecular weight excluding hydrogens is 232 g/mol. The molecule has 19 heavy (non-hydrogen) atoms. The minimum absolute atomic E-state index is 0.485. The van der Waals surface area contributed by atoms with E-state index in [2.05, 4.69) is 59.6 Å². The first-order chi connectivity index (χ1) is 9.34. The monoisotopic (exact) mass is 250 g/mol. The van der Waals surface area contributed by atoms with Crippen LogP contribution in [0.25, 0.3) is 0 Å². The van der Waals surface area contributed by atoms with Gasteiger partial charge < -0.3 is 10.2 Å². The second-order valence-corrected chi connectivity index (χ2v) is 5.51. The summed E-state index contributed by atoms with van der Waals surface area (Å²) < 4.78 is 0. The maximum atomic E-state index is 3.63. The lowest BCUT2D eigenvalue weighted by Gasteiger charge is -2.44. The number of hydrogen-bond donors (Lipinski definition) is 1. The summed E-state index contributed by atoms with van der Waals surface area (Å²) >= 11 is 0. The molecule has 0 radical (unpaired) electrons. The Hall–Kier alpha value is -1.96. The molecule has 4 rings (SSSR count). The number of anilines is 2. The predicted octanol–water partition coefficient (Wildman–Crippen LogP) is 3.52. The number of hydrogen-bond acceptors (Lipinski definition) is 2. The summed E-state index contributed by atoms with van der Waals surface area (Å²) in [6.07, 6.45) is 1.15. The van der Waals surface area contributed by atoms with E-state index in [1.54, 1.807) is 0 Å². The average molecular weight is 250 g/mol. The molecule has 96 valence electrons. The number of benzene rings is 2. The minimum atomic E-state index is 0.485. The van der Waals surface area contributed by atoms with Crippen LogP contribution < -0.4 is 10.2 Å². The van der Waals surface area contributed by atoms with E-state index in [9.17, 15) is 0 Å². The van der Waals surface area contributed by atoms with Crippen molar-refractivity contribution in [3.63, 3.8) is 0 Å². The lowest BCUT2D eigenvalue weighted by atomic mass is 9.90. The van der Waals surface area contributed by atoms with Crippen LogP contribution in [0.4, 0.5) is 11.4 Å². The number of rotatable bonds is 0. The first-order valence-electron chi connectivity index (χ1n) is 7.02. The summed E-state index contributed by atoms with van der Waals surface area (Å²) in [6, 6.07) is 16.0. The molecule has 1 atom stereocenters. The molecule has 1 unspecified atom stereocenters. The first kappa shape index (κ1) is 10.9. The number of fused-ring (bicyclic) bond motifs is 5. The highest BCUT2D eigenvalue weighted by Gasteiger charge is 2.31. The van der Waals surface area contributed by atoms with Crippen LogP contribution >= 0.6 is 0 Å². The number of nitrogens with one attached hydrogen (secondary N) is 1. The molecule has 2 aromatic carbocycles. The van der Waals surface area contributed by atoms with Gasteiger partial charge in [-0.05, 0) is 36.1 Å². The Labute approximate surface area is 114 Å². The van der Waals surface area contributed by atoms with Crippen molar-refractivity contribution in [2.24, 2.45) is 0 Å². The van der Waals surface area contributed by atoms with Crippen LogP contribution in [-0.2, 0) is 6.42 Å². The SMILES string of the molecule is Cc1cccc2c1NCC1c3ccccc3CCN21. The topological polar surface area (TPSA) is 15.3 Å². The highest BCUT2D eigenvalue weighted by molar-refractivity contribution is 5.77. The molecule has 0 fully saturated rings. The Bertz CT molecular complexity index is 633. The Morgan fingerprint density at radius 1 is 1.11 bits per heavy atom. The third-order valence-electron chi connectivity index (χ3n) is 4.44. The van der Waals surface area contributed by atoms with Gasteiger partial charge in [0.05, 0.1) is 17.4 Å². The van der Waals surface area contributed by atoms with Gasteiger partial charge in [-0.2, -0.15) is 0 Å². The normalized spacial score (nSPS) is 20.1. The van der Waals surface area contributed by atoms with Gasteiger partial charge in [-0.3, -0.25) is 0 Å².